The summed E-state index contributed by atoms with van der Waals surface area (Å²) in [6.45, 7) is 13.3. The van der Waals surface area contributed by atoms with Crippen molar-refractivity contribution in [3.63, 3.8) is 0 Å². The van der Waals surface area contributed by atoms with Gasteiger partial charge in [-0.05, 0) is 36.8 Å². The molecule has 1 aromatic carbocycles. The van der Waals surface area contributed by atoms with E-state index in [1.807, 2.05) is 26.0 Å². The summed E-state index contributed by atoms with van der Waals surface area (Å²) in [5.74, 6) is 0.882. The molecule has 2 aromatic rings. The molecule has 0 aliphatic heterocycles. The van der Waals surface area contributed by atoms with Crippen molar-refractivity contribution >= 4 is 39.8 Å². The molecule has 7 heteroatoms. The van der Waals surface area contributed by atoms with Gasteiger partial charge in [0.1, 0.15) is 0 Å². The van der Waals surface area contributed by atoms with Crippen molar-refractivity contribution < 1.29 is 4.79 Å². The maximum absolute atomic E-state index is 12.7. The van der Waals surface area contributed by atoms with Crippen LogP contribution in [-0.2, 0) is 4.79 Å². The number of thioether (sulfide) groups is 1. The molecular formula is C19H28N4OS2. The van der Waals surface area contributed by atoms with E-state index in [0.29, 0.717) is 11.8 Å². The standard InChI is InChI=1S/C19H28N4OS2/c1-11(2)10-20-18-22-23-19(26-18)25-14(6)17(24)21-16-13(5)8-7-9-15(16)12(3)4/h7-9,11-12,14H,10H2,1-6H3,(H,20,22)(H,21,24). The Kier molecular flexibility index (Phi) is 7.46. The molecule has 0 aliphatic carbocycles. The second-order valence-corrected chi connectivity index (χ2v) is 9.66. The van der Waals surface area contributed by atoms with Crippen LogP contribution < -0.4 is 10.6 Å². The van der Waals surface area contributed by atoms with Gasteiger partial charge in [-0.3, -0.25) is 4.79 Å². The van der Waals surface area contributed by atoms with Crippen LogP contribution in [0.3, 0.4) is 0 Å². The Morgan fingerprint density at radius 1 is 1.19 bits per heavy atom. The third kappa shape index (κ3) is 5.71. The van der Waals surface area contributed by atoms with Crippen molar-refractivity contribution in [2.75, 3.05) is 17.2 Å². The van der Waals surface area contributed by atoms with Crippen molar-refractivity contribution in [2.24, 2.45) is 5.92 Å². The Morgan fingerprint density at radius 3 is 2.58 bits per heavy atom. The highest BCUT2D eigenvalue weighted by atomic mass is 32.2. The second-order valence-electron chi connectivity index (χ2n) is 7.09. The highest BCUT2D eigenvalue weighted by molar-refractivity contribution is 8.02. The van der Waals surface area contributed by atoms with Crippen molar-refractivity contribution in [1.29, 1.82) is 0 Å². The number of hydrogen-bond acceptors (Lipinski definition) is 6. The highest BCUT2D eigenvalue weighted by Crippen LogP contribution is 2.31. The minimum atomic E-state index is -0.250. The van der Waals surface area contributed by atoms with E-state index < -0.39 is 0 Å². The predicted molar refractivity (Wildman–Crippen MR) is 112 cm³/mol. The van der Waals surface area contributed by atoms with Gasteiger partial charge in [0, 0.05) is 12.2 Å². The molecule has 0 spiro atoms. The topological polar surface area (TPSA) is 66.9 Å². The van der Waals surface area contributed by atoms with Crippen molar-refractivity contribution in [3.8, 4) is 0 Å². The second kappa shape index (κ2) is 9.37. The molecule has 2 N–H and O–H groups in total. The Bertz CT molecular complexity index is 743. The summed E-state index contributed by atoms with van der Waals surface area (Å²) in [4.78, 5) is 12.7. The number of rotatable bonds is 8. The zero-order chi connectivity index (χ0) is 19.3. The number of nitrogens with one attached hydrogen (secondary N) is 2. The largest absolute Gasteiger partial charge is 0.360 e. The van der Waals surface area contributed by atoms with Crippen molar-refractivity contribution in [1.82, 2.24) is 10.2 Å². The number of hydrogen-bond donors (Lipinski definition) is 2. The Hall–Kier alpha value is -1.60. The Morgan fingerprint density at radius 2 is 1.92 bits per heavy atom. The summed E-state index contributed by atoms with van der Waals surface area (Å²) >= 11 is 2.93. The maximum atomic E-state index is 12.7. The fraction of sp³-hybridized carbons (Fsp3) is 0.526. The van der Waals surface area contributed by atoms with Crippen LogP contribution in [0.25, 0.3) is 0 Å². The van der Waals surface area contributed by atoms with Crippen LogP contribution in [0.5, 0.6) is 0 Å². The molecule has 1 atom stereocenters. The first-order chi connectivity index (χ1) is 12.3. The molecular weight excluding hydrogens is 364 g/mol. The van der Waals surface area contributed by atoms with Gasteiger partial charge in [0.05, 0.1) is 5.25 Å². The van der Waals surface area contributed by atoms with Gasteiger partial charge in [-0.1, -0.05) is 69.0 Å². The first kappa shape index (κ1) is 20.7. The van der Waals surface area contributed by atoms with Gasteiger partial charge in [-0.2, -0.15) is 0 Å². The molecule has 5 nitrogen and oxygen atoms in total. The quantitative estimate of drug-likeness (QED) is 0.608. The van der Waals surface area contributed by atoms with Crippen LogP contribution in [-0.4, -0.2) is 27.9 Å². The minimum absolute atomic E-state index is 0.0157. The molecule has 1 unspecified atom stereocenters. The van der Waals surface area contributed by atoms with Gasteiger partial charge in [-0.25, -0.2) is 0 Å². The third-order valence-electron chi connectivity index (χ3n) is 3.89. The SMILES string of the molecule is Cc1cccc(C(C)C)c1NC(=O)C(C)Sc1nnc(NCC(C)C)s1. The van der Waals surface area contributed by atoms with E-state index in [1.54, 1.807) is 0 Å². The molecule has 142 valence electrons. The number of amides is 1. The van der Waals surface area contributed by atoms with E-state index >= 15 is 0 Å². The number of aryl methyl sites for hydroxylation is 1. The number of para-hydroxylation sites is 1. The molecule has 1 aromatic heterocycles. The smallest absolute Gasteiger partial charge is 0.237 e. The average Bonchev–Trinajstić information content (AvgIpc) is 3.01. The van der Waals surface area contributed by atoms with Crippen LogP contribution in [0.1, 0.15) is 51.7 Å². The third-order valence-corrected chi connectivity index (χ3v) is 5.96. The number of benzene rings is 1. The Balaban J connectivity index is 2.00. The molecule has 1 heterocycles. The summed E-state index contributed by atoms with van der Waals surface area (Å²) in [5.41, 5.74) is 3.17. The normalized spacial score (nSPS) is 12.5. The predicted octanol–water partition coefficient (Wildman–Crippen LogP) is 5.16. The van der Waals surface area contributed by atoms with Gasteiger partial charge >= 0.3 is 0 Å². The highest BCUT2D eigenvalue weighted by Gasteiger charge is 2.20. The summed E-state index contributed by atoms with van der Waals surface area (Å²) < 4.78 is 0.799. The lowest BCUT2D eigenvalue weighted by atomic mass is 9.98. The van der Waals surface area contributed by atoms with Gasteiger partial charge < -0.3 is 10.6 Å². The summed E-state index contributed by atoms with van der Waals surface area (Å²) in [6, 6.07) is 6.13. The van der Waals surface area contributed by atoms with Crippen LogP contribution in [0, 0.1) is 12.8 Å². The first-order valence-corrected chi connectivity index (χ1v) is 10.6. The fourth-order valence-corrected chi connectivity index (χ4v) is 4.30. The number of carbonyl (C=O) groups excluding carboxylic acids is 1. The lowest BCUT2D eigenvalue weighted by Gasteiger charge is -2.18. The van der Waals surface area contributed by atoms with Gasteiger partial charge in [0.25, 0.3) is 0 Å². The molecule has 0 saturated heterocycles. The zero-order valence-corrected chi connectivity index (χ0v) is 17.9. The molecule has 0 saturated carbocycles. The van der Waals surface area contributed by atoms with Crippen LogP contribution in [0.4, 0.5) is 10.8 Å². The zero-order valence-electron chi connectivity index (χ0n) is 16.3. The lowest BCUT2D eigenvalue weighted by Crippen LogP contribution is -2.23. The van der Waals surface area contributed by atoms with Crippen LogP contribution in [0.15, 0.2) is 22.5 Å². The lowest BCUT2D eigenvalue weighted by molar-refractivity contribution is -0.115. The molecule has 26 heavy (non-hydrogen) atoms. The van der Waals surface area contributed by atoms with Gasteiger partial charge in [0.15, 0.2) is 4.34 Å². The summed E-state index contributed by atoms with van der Waals surface area (Å²) in [6.07, 6.45) is 0. The first-order valence-electron chi connectivity index (χ1n) is 8.92. The van der Waals surface area contributed by atoms with Gasteiger partial charge in [-0.15, -0.1) is 10.2 Å². The number of nitrogens with zero attached hydrogens (tertiary/aromatic N) is 2. The van der Waals surface area contributed by atoms with E-state index in [0.717, 1.165) is 32.8 Å². The van der Waals surface area contributed by atoms with E-state index in [4.69, 9.17) is 0 Å². The minimum Gasteiger partial charge on any atom is -0.360 e. The molecule has 1 amide bonds. The van der Waals surface area contributed by atoms with Crippen molar-refractivity contribution in [3.05, 3.63) is 29.3 Å². The molecule has 0 radical (unpaired) electrons. The number of anilines is 2. The number of aromatic nitrogens is 2. The fourth-order valence-electron chi connectivity index (χ4n) is 2.39. The van der Waals surface area contributed by atoms with E-state index in [1.165, 1.54) is 23.1 Å². The van der Waals surface area contributed by atoms with Gasteiger partial charge in [0.2, 0.25) is 11.0 Å². The average molecular weight is 393 g/mol. The van der Waals surface area contributed by atoms with E-state index in [9.17, 15) is 4.79 Å². The summed E-state index contributed by atoms with van der Waals surface area (Å²) in [5, 5.41) is 15.2. The Labute approximate surface area is 164 Å². The molecule has 0 aliphatic rings. The van der Waals surface area contributed by atoms with Crippen molar-refractivity contribution in [2.45, 2.75) is 57.0 Å². The molecule has 0 fully saturated rings. The van der Waals surface area contributed by atoms with Crippen LogP contribution in [0.2, 0.25) is 0 Å². The van der Waals surface area contributed by atoms with E-state index in [-0.39, 0.29) is 11.2 Å². The monoisotopic (exact) mass is 392 g/mol. The summed E-state index contributed by atoms with van der Waals surface area (Å²) in [7, 11) is 0. The molecule has 0 bridgehead atoms. The number of carbonyl (C=O) groups is 1. The molecule has 2 rings (SSSR count). The van der Waals surface area contributed by atoms with E-state index in [2.05, 4.69) is 54.6 Å². The van der Waals surface area contributed by atoms with Crippen LogP contribution >= 0.6 is 23.1 Å². The maximum Gasteiger partial charge on any atom is 0.237 e.